The van der Waals surface area contributed by atoms with Gasteiger partial charge in [0, 0.05) is 22.5 Å². The van der Waals surface area contributed by atoms with E-state index in [1.165, 1.54) is 0 Å². The Balaban J connectivity index is 1.56. The molecule has 0 saturated heterocycles. The number of carbonyl (C=O) groups excluding carboxylic acids is 1. The number of anilines is 2. The maximum atomic E-state index is 12.6. The summed E-state index contributed by atoms with van der Waals surface area (Å²) in [5.41, 5.74) is 5.36. The molecule has 3 aromatic carbocycles. The summed E-state index contributed by atoms with van der Waals surface area (Å²) in [5.74, 6) is 0.558. The highest BCUT2D eigenvalue weighted by Crippen LogP contribution is 2.36. The number of methoxy groups -OCH3 is 1. The summed E-state index contributed by atoms with van der Waals surface area (Å²) in [5, 5.41) is 8.24. The topological polar surface area (TPSA) is 63.5 Å². The number of rotatable bonds is 6. The Hall–Kier alpha value is -3.47. The second-order valence-electron chi connectivity index (χ2n) is 7.01. The van der Waals surface area contributed by atoms with Gasteiger partial charge in [0.2, 0.25) is 5.91 Å². The van der Waals surface area contributed by atoms with E-state index in [4.69, 9.17) is 9.15 Å². The zero-order chi connectivity index (χ0) is 20.4. The van der Waals surface area contributed by atoms with Crippen LogP contribution in [0.2, 0.25) is 0 Å². The van der Waals surface area contributed by atoms with Crippen LogP contribution in [0.15, 0.2) is 59.0 Å². The van der Waals surface area contributed by atoms with Crippen molar-refractivity contribution in [3.8, 4) is 5.75 Å². The van der Waals surface area contributed by atoms with Crippen LogP contribution in [0.25, 0.3) is 21.9 Å². The second kappa shape index (κ2) is 7.87. The quantitative estimate of drug-likeness (QED) is 0.457. The smallest absolute Gasteiger partial charge is 0.243 e. The summed E-state index contributed by atoms with van der Waals surface area (Å²) in [6.45, 7) is 4.20. The summed E-state index contributed by atoms with van der Waals surface area (Å²) in [6, 6.07) is 17.8. The van der Waals surface area contributed by atoms with Crippen LogP contribution in [-0.2, 0) is 11.2 Å². The molecule has 1 aromatic heterocycles. The molecule has 2 N–H and O–H groups in total. The highest BCUT2D eigenvalue weighted by molar-refractivity contribution is 6.07. The number of amides is 1. The van der Waals surface area contributed by atoms with Gasteiger partial charge >= 0.3 is 0 Å². The van der Waals surface area contributed by atoms with Crippen LogP contribution >= 0.6 is 0 Å². The molecule has 0 fully saturated rings. The molecule has 4 rings (SSSR count). The largest absolute Gasteiger partial charge is 0.495 e. The fourth-order valence-corrected chi connectivity index (χ4v) is 3.62. The molecular weight excluding hydrogens is 364 g/mol. The van der Waals surface area contributed by atoms with Crippen molar-refractivity contribution in [1.29, 1.82) is 0 Å². The summed E-state index contributed by atoms with van der Waals surface area (Å²) < 4.78 is 11.5. The van der Waals surface area contributed by atoms with Crippen molar-refractivity contribution in [3.05, 3.63) is 65.7 Å². The SMILES string of the molecule is CCc1cccc(C)c1NC(=O)CNc1cc2oc3ccccc3c2cc1OC. The highest BCUT2D eigenvalue weighted by Gasteiger charge is 2.14. The Morgan fingerprint density at radius 1 is 1.03 bits per heavy atom. The van der Waals surface area contributed by atoms with E-state index < -0.39 is 0 Å². The third-order valence-corrected chi connectivity index (χ3v) is 5.14. The molecule has 0 bridgehead atoms. The average Bonchev–Trinajstić information content (AvgIpc) is 3.10. The standard InChI is InChI=1S/C24H24N2O3/c1-4-16-9-7-8-15(2)24(16)26-23(27)14-25-19-13-21-18(12-22(19)28-3)17-10-5-6-11-20(17)29-21/h5-13,25H,4,14H2,1-3H3,(H,26,27). The van der Waals surface area contributed by atoms with Crippen molar-refractivity contribution in [2.24, 2.45) is 0 Å². The molecule has 0 unspecified atom stereocenters. The van der Waals surface area contributed by atoms with Gasteiger partial charge in [-0.05, 0) is 36.6 Å². The fraction of sp³-hybridized carbons (Fsp3) is 0.208. The Morgan fingerprint density at radius 2 is 1.86 bits per heavy atom. The van der Waals surface area contributed by atoms with Gasteiger partial charge in [0.1, 0.15) is 16.9 Å². The minimum absolute atomic E-state index is 0.110. The zero-order valence-electron chi connectivity index (χ0n) is 16.8. The predicted molar refractivity (Wildman–Crippen MR) is 118 cm³/mol. The zero-order valence-corrected chi connectivity index (χ0v) is 16.8. The van der Waals surface area contributed by atoms with E-state index in [1.54, 1.807) is 7.11 Å². The van der Waals surface area contributed by atoms with E-state index in [9.17, 15) is 4.79 Å². The number of hydrogen-bond acceptors (Lipinski definition) is 4. The van der Waals surface area contributed by atoms with Gasteiger partial charge in [-0.3, -0.25) is 4.79 Å². The number of carbonyl (C=O) groups is 1. The molecule has 4 aromatic rings. The Kier molecular flexibility index (Phi) is 5.12. The van der Waals surface area contributed by atoms with E-state index in [1.807, 2.05) is 61.5 Å². The first kappa shape index (κ1) is 18.9. The lowest BCUT2D eigenvalue weighted by molar-refractivity contribution is -0.114. The highest BCUT2D eigenvalue weighted by atomic mass is 16.5. The van der Waals surface area contributed by atoms with Crippen LogP contribution in [0.3, 0.4) is 0 Å². The van der Waals surface area contributed by atoms with Crippen LogP contribution < -0.4 is 15.4 Å². The van der Waals surface area contributed by atoms with E-state index in [0.717, 1.165) is 50.9 Å². The molecule has 0 saturated carbocycles. The van der Waals surface area contributed by atoms with Gasteiger partial charge in [-0.15, -0.1) is 0 Å². The van der Waals surface area contributed by atoms with Gasteiger partial charge in [0.05, 0.1) is 19.3 Å². The number of fused-ring (bicyclic) bond motifs is 3. The number of ether oxygens (including phenoxy) is 1. The van der Waals surface area contributed by atoms with Gasteiger partial charge in [0.25, 0.3) is 0 Å². The molecule has 0 aliphatic carbocycles. The van der Waals surface area contributed by atoms with Crippen LogP contribution in [-0.4, -0.2) is 19.6 Å². The number of nitrogens with one attached hydrogen (secondary N) is 2. The molecule has 1 heterocycles. The van der Waals surface area contributed by atoms with Crippen molar-refractivity contribution in [2.45, 2.75) is 20.3 Å². The first-order valence-electron chi connectivity index (χ1n) is 9.72. The Labute approximate surface area is 169 Å². The first-order chi connectivity index (χ1) is 14.1. The molecule has 148 valence electrons. The van der Waals surface area contributed by atoms with Crippen molar-refractivity contribution in [3.63, 3.8) is 0 Å². The lowest BCUT2D eigenvalue weighted by Crippen LogP contribution is -2.23. The van der Waals surface area contributed by atoms with Crippen LogP contribution in [0.1, 0.15) is 18.1 Å². The summed E-state index contributed by atoms with van der Waals surface area (Å²) in [4.78, 5) is 12.6. The van der Waals surface area contributed by atoms with Crippen LogP contribution in [0.4, 0.5) is 11.4 Å². The molecule has 1 amide bonds. The summed E-state index contributed by atoms with van der Waals surface area (Å²) >= 11 is 0. The normalized spacial score (nSPS) is 11.0. The first-order valence-corrected chi connectivity index (χ1v) is 9.72. The van der Waals surface area contributed by atoms with Crippen molar-refractivity contribution in [1.82, 2.24) is 0 Å². The molecule has 0 atom stereocenters. The second-order valence-corrected chi connectivity index (χ2v) is 7.01. The third kappa shape index (κ3) is 3.63. The maximum Gasteiger partial charge on any atom is 0.243 e. The molecule has 0 spiro atoms. The molecular formula is C24H24N2O3. The molecule has 5 heteroatoms. The lowest BCUT2D eigenvalue weighted by Gasteiger charge is -2.14. The van der Waals surface area contributed by atoms with Crippen molar-refractivity contribution >= 4 is 39.2 Å². The van der Waals surface area contributed by atoms with E-state index in [2.05, 4.69) is 17.6 Å². The predicted octanol–water partition coefficient (Wildman–Crippen LogP) is 5.52. The number of furan rings is 1. The Bertz CT molecular complexity index is 1190. The Morgan fingerprint density at radius 3 is 2.66 bits per heavy atom. The lowest BCUT2D eigenvalue weighted by atomic mass is 10.1. The molecule has 0 aliphatic rings. The minimum Gasteiger partial charge on any atom is -0.495 e. The van der Waals surface area contributed by atoms with Crippen molar-refractivity contribution in [2.75, 3.05) is 24.3 Å². The van der Waals surface area contributed by atoms with Gasteiger partial charge in [-0.25, -0.2) is 0 Å². The monoisotopic (exact) mass is 388 g/mol. The fourth-order valence-electron chi connectivity index (χ4n) is 3.62. The number of hydrogen-bond donors (Lipinski definition) is 2. The molecule has 5 nitrogen and oxygen atoms in total. The van der Waals surface area contributed by atoms with Crippen LogP contribution in [0.5, 0.6) is 5.75 Å². The van der Waals surface area contributed by atoms with Gasteiger partial charge < -0.3 is 19.8 Å². The van der Waals surface area contributed by atoms with Gasteiger partial charge in [-0.2, -0.15) is 0 Å². The van der Waals surface area contributed by atoms with Crippen molar-refractivity contribution < 1.29 is 13.9 Å². The van der Waals surface area contributed by atoms with Crippen LogP contribution in [0, 0.1) is 6.92 Å². The van der Waals surface area contributed by atoms with Gasteiger partial charge in [-0.1, -0.05) is 43.3 Å². The maximum absolute atomic E-state index is 12.6. The number of benzene rings is 3. The molecule has 29 heavy (non-hydrogen) atoms. The van der Waals surface area contributed by atoms with E-state index in [-0.39, 0.29) is 12.5 Å². The molecule has 0 radical (unpaired) electrons. The summed E-state index contributed by atoms with van der Waals surface area (Å²) in [7, 11) is 1.62. The van der Waals surface area contributed by atoms with E-state index in [0.29, 0.717) is 5.75 Å². The third-order valence-electron chi connectivity index (χ3n) is 5.14. The molecule has 0 aliphatic heterocycles. The number of aryl methyl sites for hydroxylation is 2. The average molecular weight is 388 g/mol. The van der Waals surface area contributed by atoms with Gasteiger partial charge in [0.15, 0.2) is 0 Å². The summed E-state index contributed by atoms with van der Waals surface area (Å²) in [6.07, 6.45) is 0.862. The van der Waals surface area contributed by atoms with E-state index >= 15 is 0 Å². The minimum atomic E-state index is -0.110. The number of para-hydroxylation sites is 2.